The van der Waals surface area contributed by atoms with Crippen LogP contribution in [0.25, 0.3) is 0 Å². The molecule has 0 spiro atoms. The number of nitrogen functional groups attached to an aromatic ring is 1. The van der Waals surface area contributed by atoms with E-state index in [0.717, 1.165) is 19.6 Å². The van der Waals surface area contributed by atoms with Crippen LogP contribution >= 0.6 is 0 Å². The molecular formula is C15H25N7O2. The minimum atomic E-state index is -0.286. The maximum Gasteiger partial charge on any atom is 0.277 e. The molecule has 0 atom stereocenters. The second-order valence-corrected chi connectivity index (χ2v) is 6.25. The highest BCUT2D eigenvalue weighted by Crippen LogP contribution is 2.25. The van der Waals surface area contributed by atoms with E-state index in [1.54, 1.807) is 0 Å². The van der Waals surface area contributed by atoms with Crippen LogP contribution in [-0.4, -0.2) is 60.2 Å². The molecule has 0 aliphatic carbocycles. The van der Waals surface area contributed by atoms with E-state index < -0.39 is 0 Å². The Kier molecular flexibility index (Phi) is 5.19. The Morgan fingerprint density at radius 3 is 2.83 bits per heavy atom. The number of hydrogen-bond acceptors (Lipinski definition) is 7. The molecule has 9 heteroatoms. The summed E-state index contributed by atoms with van der Waals surface area (Å²) in [5.74, 6) is 0.606. The fourth-order valence-electron chi connectivity index (χ4n) is 3.16. The Labute approximate surface area is 140 Å². The minimum Gasteiger partial charge on any atom is -0.369 e. The number of aromatic amines is 1. The van der Waals surface area contributed by atoms with Crippen LogP contribution in [0.3, 0.4) is 0 Å². The van der Waals surface area contributed by atoms with Crippen molar-refractivity contribution in [2.75, 3.05) is 55.3 Å². The van der Waals surface area contributed by atoms with Crippen molar-refractivity contribution in [2.45, 2.75) is 25.7 Å². The summed E-state index contributed by atoms with van der Waals surface area (Å²) < 4.78 is 0. The summed E-state index contributed by atoms with van der Waals surface area (Å²) in [7, 11) is 0. The third-order valence-electron chi connectivity index (χ3n) is 4.47. The van der Waals surface area contributed by atoms with Gasteiger partial charge in [-0.25, -0.2) is 0 Å². The molecule has 1 fully saturated rings. The highest BCUT2D eigenvalue weighted by atomic mass is 16.1. The SMILES string of the molecule is Nc1nc2c(c(=O)[nH]1)NCN2CCC(=O)NCCN1CCCCC1. The number of nitrogens with zero attached hydrogens (tertiary/aromatic N) is 3. The van der Waals surface area contributed by atoms with Crippen LogP contribution in [0.5, 0.6) is 0 Å². The molecule has 2 aliphatic rings. The minimum absolute atomic E-state index is 0.0123. The number of H-pyrrole nitrogens is 1. The van der Waals surface area contributed by atoms with Gasteiger partial charge < -0.3 is 26.2 Å². The van der Waals surface area contributed by atoms with Crippen molar-refractivity contribution in [3.8, 4) is 0 Å². The van der Waals surface area contributed by atoms with Crippen molar-refractivity contribution in [3.63, 3.8) is 0 Å². The van der Waals surface area contributed by atoms with Crippen molar-refractivity contribution in [1.29, 1.82) is 0 Å². The number of fused-ring (bicyclic) bond motifs is 1. The Hall–Kier alpha value is -2.29. The van der Waals surface area contributed by atoms with Gasteiger partial charge in [0.2, 0.25) is 11.9 Å². The second kappa shape index (κ2) is 7.52. The average Bonchev–Trinajstić information content (AvgIpc) is 2.97. The fraction of sp³-hybridized carbons (Fsp3) is 0.667. The van der Waals surface area contributed by atoms with Gasteiger partial charge in [-0.15, -0.1) is 0 Å². The van der Waals surface area contributed by atoms with Gasteiger partial charge in [-0.1, -0.05) is 6.42 Å². The fourth-order valence-corrected chi connectivity index (χ4v) is 3.16. The Morgan fingerprint density at radius 1 is 1.25 bits per heavy atom. The molecule has 0 unspecified atom stereocenters. The van der Waals surface area contributed by atoms with Crippen LogP contribution in [-0.2, 0) is 4.79 Å². The molecule has 5 N–H and O–H groups in total. The van der Waals surface area contributed by atoms with Gasteiger partial charge in [0.1, 0.15) is 5.69 Å². The van der Waals surface area contributed by atoms with E-state index in [1.165, 1.54) is 19.3 Å². The molecule has 1 aromatic heterocycles. The van der Waals surface area contributed by atoms with Gasteiger partial charge in [-0.2, -0.15) is 4.98 Å². The standard InChI is InChI=1S/C15H25N7O2/c16-15-19-13-12(14(24)20-15)18-10-22(13)8-4-11(23)17-5-9-21-6-2-1-3-7-21/h18H,1-10H2,(H,17,23)(H3,16,19,20,24). The quantitative estimate of drug-likeness (QED) is 0.555. The van der Waals surface area contributed by atoms with Gasteiger partial charge in [0, 0.05) is 26.1 Å². The molecule has 1 aromatic rings. The maximum absolute atomic E-state index is 12.0. The van der Waals surface area contributed by atoms with Crippen LogP contribution in [0.2, 0.25) is 0 Å². The summed E-state index contributed by atoms with van der Waals surface area (Å²) in [5, 5.41) is 5.94. The lowest BCUT2D eigenvalue weighted by atomic mass is 10.1. The molecule has 2 aliphatic heterocycles. The van der Waals surface area contributed by atoms with Crippen molar-refractivity contribution >= 4 is 23.4 Å². The molecule has 0 bridgehead atoms. The van der Waals surface area contributed by atoms with E-state index in [0.29, 0.717) is 37.7 Å². The summed E-state index contributed by atoms with van der Waals surface area (Å²) in [6.45, 7) is 4.80. The Balaban J connectivity index is 1.42. The molecule has 3 rings (SSSR count). The number of aromatic nitrogens is 2. The zero-order chi connectivity index (χ0) is 16.9. The Bertz CT molecular complexity index is 639. The predicted octanol–water partition coefficient (Wildman–Crippen LogP) is -0.466. The number of carbonyl (C=O) groups excluding carboxylic acids is 1. The zero-order valence-electron chi connectivity index (χ0n) is 13.8. The summed E-state index contributed by atoms with van der Waals surface area (Å²) in [6, 6.07) is 0. The van der Waals surface area contributed by atoms with E-state index in [-0.39, 0.29) is 17.4 Å². The Morgan fingerprint density at radius 2 is 2.04 bits per heavy atom. The smallest absolute Gasteiger partial charge is 0.277 e. The average molecular weight is 335 g/mol. The molecule has 0 saturated carbocycles. The lowest BCUT2D eigenvalue weighted by molar-refractivity contribution is -0.120. The molecule has 0 aromatic carbocycles. The third-order valence-corrected chi connectivity index (χ3v) is 4.47. The van der Waals surface area contributed by atoms with Crippen molar-refractivity contribution in [3.05, 3.63) is 10.4 Å². The highest BCUT2D eigenvalue weighted by molar-refractivity contribution is 5.77. The molecule has 3 heterocycles. The number of likely N-dealkylation sites (tertiary alicyclic amines) is 1. The van der Waals surface area contributed by atoms with Gasteiger partial charge in [0.15, 0.2) is 5.82 Å². The number of hydrogen-bond donors (Lipinski definition) is 4. The lowest BCUT2D eigenvalue weighted by Gasteiger charge is -2.26. The van der Waals surface area contributed by atoms with E-state index in [2.05, 4.69) is 25.5 Å². The highest BCUT2D eigenvalue weighted by Gasteiger charge is 2.24. The first kappa shape index (κ1) is 16.6. The molecule has 1 amide bonds. The summed E-state index contributed by atoms with van der Waals surface area (Å²) in [4.78, 5) is 34.6. The molecular weight excluding hydrogens is 310 g/mol. The normalized spacial score (nSPS) is 17.4. The van der Waals surface area contributed by atoms with Gasteiger partial charge in [-0.3, -0.25) is 14.6 Å². The molecule has 24 heavy (non-hydrogen) atoms. The first-order chi connectivity index (χ1) is 11.6. The first-order valence-electron chi connectivity index (χ1n) is 8.51. The molecule has 9 nitrogen and oxygen atoms in total. The van der Waals surface area contributed by atoms with Gasteiger partial charge >= 0.3 is 0 Å². The van der Waals surface area contributed by atoms with E-state index in [9.17, 15) is 9.59 Å². The molecule has 132 valence electrons. The number of nitrogens with two attached hydrogens (primary N) is 1. The largest absolute Gasteiger partial charge is 0.369 e. The number of amides is 1. The van der Waals surface area contributed by atoms with Gasteiger partial charge in [-0.05, 0) is 25.9 Å². The van der Waals surface area contributed by atoms with Crippen molar-refractivity contribution in [1.82, 2.24) is 20.2 Å². The summed E-state index contributed by atoms with van der Waals surface area (Å²) in [5.41, 5.74) is 5.71. The van der Waals surface area contributed by atoms with Crippen molar-refractivity contribution in [2.24, 2.45) is 0 Å². The van der Waals surface area contributed by atoms with Crippen molar-refractivity contribution < 1.29 is 4.79 Å². The van der Waals surface area contributed by atoms with Crippen LogP contribution in [0, 0.1) is 0 Å². The number of piperidine rings is 1. The molecule has 1 saturated heterocycles. The topological polar surface area (TPSA) is 119 Å². The van der Waals surface area contributed by atoms with Gasteiger partial charge in [0.25, 0.3) is 5.56 Å². The monoisotopic (exact) mass is 335 g/mol. The molecule has 0 radical (unpaired) electrons. The van der Waals surface area contributed by atoms with Crippen LogP contribution < -0.4 is 26.8 Å². The number of carbonyl (C=O) groups is 1. The first-order valence-corrected chi connectivity index (χ1v) is 8.51. The second-order valence-electron chi connectivity index (χ2n) is 6.25. The maximum atomic E-state index is 12.0. The van der Waals surface area contributed by atoms with Crippen LogP contribution in [0.1, 0.15) is 25.7 Å². The van der Waals surface area contributed by atoms with E-state index in [1.807, 2.05) is 4.90 Å². The number of nitrogens with one attached hydrogen (secondary N) is 3. The number of rotatable bonds is 6. The number of anilines is 3. The lowest BCUT2D eigenvalue weighted by Crippen LogP contribution is -2.38. The van der Waals surface area contributed by atoms with Crippen LogP contribution in [0.15, 0.2) is 4.79 Å². The predicted molar refractivity (Wildman–Crippen MR) is 93.0 cm³/mol. The van der Waals surface area contributed by atoms with E-state index in [4.69, 9.17) is 5.73 Å². The summed E-state index contributed by atoms with van der Waals surface area (Å²) in [6.07, 6.45) is 4.18. The third kappa shape index (κ3) is 3.97. The van der Waals surface area contributed by atoms with E-state index >= 15 is 0 Å². The zero-order valence-corrected chi connectivity index (χ0v) is 13.8. The van der Waals surface area contributed by atoms with Gasteiger partial charge in [0.05, 0.1) is 6.67 Å². The summed E-state index contributed by atoms with van der Waals surface area (Å²) >= 11 is 0. The van der Waals surface area contributed by atoms with Crippen LogP contribution in [0.4, 0.5) is 17.5 Å².